The number of aromatic carboxylic acids is 1. The van der Waals surface area contributed by atoms with Gasteiger partial charge in [-0.1, -0.05) is 48.6 Å². The van der Waals surface area contributed by atoms with Crippen LogP contribution in [0.5, 0.6) is 5.75 Å². The Labute approximate surface area is 147 Å². The number of hydrogen-bond donors (Lipinski definition) is 1. The van der Waals surface area contributed by atoms with Crippen molar-refractivity contribution in [1.82, 2.24) is 0 Å². The Morgan fingerprint density at radius 3 is 2.76 bits per heavy atom. The molecular weight excluding hydrogens is 314 g/mol. The molecule has 2 aromatic rings. The summed E-state index contributed by atoms with van der Waals surface area (Å²) in [5.41, 5.74) is 3.61. The van der Waals surface area contributed by atoms with Crippen LogP contribution < -0.4 is 15.2 Å². The van der Waals surface area contributed by atoms with Crippen molar-refractivity contribution in [3.8, 4) is 5.75 Å². The lowest BCUT2D eigenvalue weighted by molar-refractivity contribution is -0.255. The van der Waals surface area contributed by atoms with Gasteiger partial charge in [-0.3, -0.25) is 0 Å². The molecule has 25 heavy (non-hydrogen) atoms. The maximum absolute atomic E-state index is 11.0. The van der Waals surface area contributed by atoms with Gasteiger partial charge in [0.05, 0.1) is 24.3 Å². The van der Waals surface area contributed by atoms with Crippen LogP contribution in [0.2, 0.25) is 0 Å². The van der Waals surface area contributed by atoms with Gasteiger partial charge < -0.3 is 20.0 Å². The summed E-state index contributed by atoms with van der Waals surface area (Å²) in [5.74, 6) is 0.489. The second-order valence-corrected chi connectivity index (χ2v) is 6.54. The molecule has 4 rings (SSSR count). The van der Waals surface area contributed by atoms with E-state index in [2.05, 4.69) is 23.5 Å². The standard InChI is InChI=1S/C21H21NO3/c1-2-25-18-8-4-7-17-15-5-3-6-16(15)19(22-20(17)18)13-9-11-14(12-10-13)21(23)24/h3-5,7-12,15-16,19,22H,2,6H2,1H3,(H,23,24)/p-1/t15-,16+,19-/m0/s1. The quantitative estimate of drug-likeness (QED) is 0.872. The molecule has 1 heterocycles. The van der Waals surface area contributed by atoms with Crippen LogP contribution >= 0.6 is 0 Å². The van der Waals surface area contributed by atoms with Crippen LogP contribution in [0.15, 0.2) is 54.6 Å². The monoisotopic (exact) mass is 334 g/mol. The van der Waals surface area contributed by atoms with Gasteiger partial charge in [0.1, 0.15) is 5.75 Å². The number of benzene rings is 2. The predicted molar refractivity (Wildman–Crippen MR) is 94.7 cm³/mol. The first kappa shape index (κ1) is 15.8. The molecule has 0 bridgehead atoms. The Hall–Kier alpha value is -2.75. The molecule has 0 saturated carbocycles. The minimum absolute atomic E-state index is 0.116. The molecule has 4 nitrogen and oxygen atoms in total. The van der Waals surface area contributed by atoms with E-state index in [9.17, 15) is 9.90 Å². The number of ether oxygens (including phenoxy) is 1. The first-order valence-electron chi connectivity index (χ1n) is 8.69. The molecule has 3 atom stereocenters. The molecule has 0 fully saturated rings. The van der Waals surface area contributed by atoms with E-state index in [0.717, 1.165) is 23.4 Å². The number of carbonyl (C=O) groups is 1. The number of allylic oxidation sites excluding steroid dienone is 2. The number of hydrogen-bond acceptors (Lipinski definition) is 4. The third-order valence-electron chi connectivity index (χ3n) is 5.16. The van der Waals surface area contributed by atoms with Crippen molar-refractivity contribution in [3.63, 3.8) is 0 Å². The van der Waals surface area contributed by atoms with E-state index in [4.69, 9.17) is 4.74 Å². The van der Waals surface area contributed by atoms with Crippen LogP contribution in [0, 0.1) is 5.92 Å². The van der Waals surface area contributed by atoms with E-state index in [0.29, 0.717) is 18.4 Å². The molecular formula is C21H20NO3-. The van der Waals surface area contributed by atoms with E-state index < -0.39 is 5.97 Å². The first-order chi connectivity index (χ1) is 12.2. The number of nitrogens with one attached hydrogen (secondary N) is 1. The SMILES string of the molecule is CCOc1cccc2c1N[C@@H](c1ccc(C(=O)[O-])cc1)[C@@H]1CC=C[C@H]21. The highest BCUT2D eigenvalue weighted by Crippen LogP contribution is 2.52. The van der Waals surface area contributed by atoms with Gasteiger partial charge in [0, 0.05) is 5.92 Å². The molecule has 1 N–H and O–H groups in total. The highest BCUT2D eigenvalue weighted by atomic mass is 16.5. The van der Waals surface area contributed by atoms with Gasteiger partial charge in [0.15, 0.2) is 0 Å². The summed E-state index contributed by atoms with van der Waals surface area (Å²) in [7, 11) is 0. The van der Waals surface area contributed by atoms with Crippen molar-refractivity contribution in [3.05, 3.63) is 71.3 Å². The lowest BCUT2D eigenvalue weighted by atomic mass is 9.77. The Morgan fingerprint density at radius 2 is 2.04 bits per heavy atom. The first-order valence-corrected chi connectivity index (χ1v) is 8.69. The van der Waals surface area contributed by atoms with Crippen LogP contribution in [0.1, 0.15) is 46.8 Å². The summed E-state index contributed by atoms with van der Waals surface area (Å²) in [4.78, 5) is 11.0. The van der Waals surface area contributed by atoms with Gasteiger partial charge in [-0.25, -0.2) is 0 Å². The zero-order valence-corrected chi connectivity index (χ0v) is 14.1. The van der Waals surface area contributed by atoms with E-state index in [1.165, 1.54) is 5.56 Å². The van der Waals surface area contributed by atoms with Crippen LogP contribution in [-0.4, -0.2) is 12.6 Å². The molecule has 0 amide bonds. The Morgan fingerprint density at radius 1 is 1.24 bits per heavy atom. The van der Waals surface area contributed by atoms with Gasteiger partial charge in [-0.15, -0.1) is 0 Å². The average Bonchev–Trinajstić information content (AvgIpc) is 3.12. The summed E-state index contributed by atoms with van der Waals surface area (Å²) < 4.78 is 5.81. The van der Waals surface area contributed by atoms with Crippen molar-refractivity contribution < 1.29 is 14.6 Å². The van der Waals surface area contributed by atoms with Crippen molar-refractivity contribution in [1.29, 1.82) is 0 Å². The van der Waals surface area contributed by atoms with Crippen molar-refractivity contribution >= 4 is 11.7 Å². The summed E-state index contributed by atoms with van der Waals surface area (Å²) in [6, 6.07) is 13.3. The van der Waals surface area contributed by atoms with E-state index in [-0.39, 0.29) is 11.6 Å². The van der Waals surface area contributed by atoms with Gasteiger partial charge in [-0.05, 0) is 42.0 Å². The van der Waals surface area contributed by atoms with Gasteiger partial charge in [0.2, 0.25) is 0 Å². The second kappa shape index (κ2) is 6.28. The average molecular weight is 334 g/mol. The molecule has 0 spiro atoms. The lowest BCUT2D eigenvalue weighted by Crippen LogP contribution is -2.29. The second-order valence-electron chi connectivity index (χ2n) is 6.54. The molecule has 128 valence electrons. The number of fused-ring (bicyclic) bond motifs is 3. The Balaban J connectivity index is 1.74. The van der Waals surface area contributed by atoms with E-state index >= 15 is 0 Å². The van der Waals surface area contributed by atoms with Crippen molar-refractivity contribution in [2.75, 3.05) is 11.9 Å². The fraction of sp³-hybridized carbons (Fsp3) is 0.286. The van der Waals surface area contributed by atoms with Crippen molar-refractivity contribution in [2.45, 2.75) is 25.3 Å². The molecule has 2 aliphatic rings. The molecule has 0 radical (unpaired) electrons. The van der Waals surface area contributed by atoms with Crippen LogP contribution in [0.3, 0.4) is 0 Å². The van der Waals surface area contributed by atoms with E-state index in [1.807, 2.05) is 31.2 Å². The minimum Gasteiger partial charge on any atom is -0.545 e. The molecule has 2 aromatic carbocycles. The molecule has 0 saturated heterocycles. The zero-order chi connectivity index (χ0) is 17.4. The number of anilines is 1. The number of rotatable bonds is 4. The third kappa shape index (κ3) is 2.68. The summed E-state index contributed by atoms with van der Waals surface area (Å²) in [6.45, 7) is 2.60. The summed E-state index contributed by atoms with van der Waals surface area (Å²) in [5, 5.41) is 14.7. The zero-order valence-electron chi connectivity index (χ0n) is 14.1. The molecule has 0 unspecified atom stereocenters. The summed E-state index contributed by atoms with van der Waals surface area (Å²) >= 11 is 0. The van der Waals surface area contributed by atoms with E-state index in [1.54, 1.807) is 12.1 Å². The Kier molecular flexibility index (Phi) is 3.96. The van der Waals surface area contributed by atoms with Crippen molar-refractivity contribution in [2.24, 2.45) is 5.92 Å². The van der Waals surface area contributed by atoms with Crippen LogP contribution in [0.4, 0.5) is 5.69 Å². The topological polar surface area (TPSA) is 61.4 Å². The third-order valence-corrected chi connectivity index (χ3v) is 5.16. The van der Waals surface area contributed by atoms with Gasteiger partial charge in [0.25, 0.3) is 0 Å². The molecule has 1 aliphatic carbocycles. The molecule has 4 heteroatoms. The molecule has 0 aromatic heterocycles. The van der Waals surface area contributed by atoms with Crippen LogP contribution in [-0.2, 0) is 0 Å². The summed E-state index contributed by atoms with van der Waals surface area (Å²) in [6.07, 6.45) is 5.52. The van der Waals surface area contributed by atoms with Gasteiger partial charge >= 0.3 is 0 Å². The fourth-order valence-electron chi connectivity index (χ4n) is 4.03. The molecule has 1 aliphatic heterocycles. The van der Waals surface area contributed by atoms with Crippen LogP contribution in [0.25, 0.3) is 0 Å². The maximum Gasteiger partial charge on any atom is 0.142 e. The highest BCUT2D eigenvalue weighted by molar-refractivity contribution is 5.85. The number of carboxylic acids is 1. The maximum atomic E-state index is 11.0. The lowest BCUT2D eigenvalue weighted by Gasteiger charge is -2.38. The number of para-hydroxylation sites is 1. The number of carboxylic acid groups (broad SMARTS) is 1. The van der Waals surface area contributed by atoms with Gasteiger partial charge in [-0.2, -0.15) is 0 Å². The predicted octanol–water partition coefficient (Wildman–Crippen LogP) is 3.28. The fourth-order valence-corrected chi connectivity index (χ4v) is 4.03. The Bertz CT molecular complexity index is 826. The highest BCUT2D eigenvalue weighted by Gasteiger charge is 2.38. The minimum atomic E-state index is -1.15. The largest absolute Gasteiger partial charge is 0.545 e. The smallest absolute Gasteiger partial charge is 0.142 e. The normalized spacial score (nSPS) is 23.5. The number of carbonyl (C=O) groups excluding carboxylic acids is 1.